The van der Waals surface area contributed by atoms with Gasteiger partial charge in [0.25, 0.3) is 0 Å². The molecule has 6 rings (SSSR count). The third-order valence-electron chi connectivity index (χ3n) is 7.63. The second-order valence-corrected chi connectivity index (χ2v) is 9.41. The average Bonchev–Trinajstić information content (AvgIpc) is 3.43. The van der Waals surface area contributed by atoms with Gasteiger partial charge in [-0.3, -0.25) is 0 Å². The first-order valence-corrected chi connectivity index (χ1v) is 11.6. The van der Waals surface area contributed by atoms with Crippen LogP contribution in [0.25, 0.3) is 16.8 Å². The highest BCUT2D eigenvalue weighted by molar-refractivity contribution is 5.75. The highest BCUT2D eigenvalue weighted by Crippen LogP contribution is 2.51. The summed E-state index contributed by atoms with van der Waals surface area (Å²) in [6, 6.07) is 10.7. The molecular weight excluding hydrogens is 431 g/mol. The van der Waals surface area contributed by atoms with Crippen LogP contribution in [0.15, 0.2) is 48.8 Å². The lowest BCUT2D eigenvalue weighted by molar-refractivity contribution is 0.187. The van der Waals surface area contributed by atoms with Crippen LogP contribution in [0.3, 0.4) is 0 Å². The van der Waals surface area contributed by atoms with E-state index in [0.717, 1.165) is 54.9 Å². The number of hydrogen-bond donors (Lipinski definition) is 1. The molecule has 2 aliphatic rings. The standard InChI is InChI=1S/C26H27FN6O/c1-16-23(18-5-3-4-6-20(18)27)33-21(7-10-30-33)25(31-16)32-11-8-26(9-12-32)14-17-13-22(34-2)29-15-19(17)24(26)28/h3-7,10,13,15,24H,8-9,11-12,14,28H2,1-2H3/t24-/m1/s1. The third kappa shape index (κ3) is 3.09. The Balaban J connectivity index is 1.31. The van der Waals surface area contributed by atoms with E-state index in [-0.39, 0.29) is 17.3 Å². The Hall–Kier alpha value is -3.52. The molecule has 0 unspecified atom stereocenters. The van der Waals surface area contributed by atoms with Crippen molar-refractivity contribution in [2.45, 2.75) is 32.2 Å². The number of anilines is 1. The Labute approximate surface area is 197 Å². The molecule has 0 radical (unpaired) electrons. The lowest BCUT2D eigenvalue weighted by Gasteiger charge is -2.42. The van der Waals surface area contributed by atoms with E-state index in [1.54, 1.807) is 25.4 Å². The van der Waals surface area contributed by atoms with Gasteiger partial charge in [-0.2, -0.15) is 5.10 Å². The van der Waals surface area contributed by atoms with Gasteiger partial charge in [0, 0.05) is 37.0 Å². The molecule has 34 heavy (non-hydrogen) atoms. The number of aryl methyl sites for hydroxylation is 1. The number of aromatic nitrogens is 4. The molecule has 1 atom stereocenters. The maximum Gasteiger partial charge on any atom is 0.213 e. The van der Waals surface area contributed by atoms with Crippen LogP contribution in [0.1, 0.15) is 35.7 Å². The van der Waals surface area contributed by atoms with E-state index in [2.05, 4.69) is 15.0 Å². The SMILES string of the molecule is COc1cc2c(cn1)[C@@H](N)C1(CCN(c3nc(C)c(-c4ccccc4F)n4nccc34)CC1)C2. The number of hydrogen-bond acceptors (Lipinski definition) is 6. The molecule has 7 nitrogen and oxygen atoms in total. The predicted octanol–water partition coefficient (Wildman–Crippen LogP) is 4.09. The van der Waals surface area contributed by atoms with E-state index in [1.807, 2.05) is 35.8 Å². The molecule has 3 aromatic heterocycles. The van der Waals surface area contributed by atoms with E-state index in [4.69, 9.17) is 15.5 Å². The first-order chi connectivity index (χ1) is 16.5. The van der Waals surface area contributed by atoms with E-state index in [9.17, 15) is 4.39 Å². The van der Waals surface area contributed by atoms with Crippen LogP contribution in [-0.4, -0.2) is 39.8 Å². The quantitative estimate of drug-likeness (QED) is 0.498. The molecule has 1 aliphatic heterocycles. The van der Waals surface area contributed by atoms with Crippen molar-refractivity contribution in [2.24, 2.45) is 11.1 Å². The van der Waals surface area contributed by atoms with E-state index < -0.39 is 0 Å². The van der Waals surface area contributed by atoms with Gasteiger partial charge in [-0.05, 0) is 60.9 Å². The zero-order valence-electron chi connectivity index (χ0n) is 19.3. The minimum absolute atomic E-state index is 0.0194. The first kappa shape index (κ1) is 21.0. The van der Waals surface area contributed by atoms with Crippen LogP contribution in [0.5, 0.6) is 5.88 Å². The van der Waals surface area contributed by atoms with Gasteiger partial charge in [-0.15, -0.1) is 0 Å². The summed E-state index contributed by atoms with van der Waals surface area (Å²) in [4.78, 5) is 11.6. The van der Waals surface area contributed by atoms with E-state index >= 15 is 0 Å². The fourth-order valence-corrected chi connectivity index (χ4v) is 5.77. The van der Waals surface area contributed by atoms with Gasteiger partial charge in [-0.25, -0.2) is 18.9 Å². The Kier molecular flexibility index (Phi) is 4.81. The zero-order chi connectivity index (χ0) is 23.4. The Morgan fingerprint density at radius 2 is 1.97 bits per heavy atom. The minimum atomic E-state index is -0.280. The molecule has 1 aromatic carbocycles. The molecule has 1 spiro atoms. The van der Waals surface area contributed by atoms with Crippen molar-refractivity contribution in [3.8, 4) is 17.1 Å². The topological polar surface area (TPSA) is 81.6 Å². The number of halogens is 1. The summed E-state index contributed by atoms with van der Waals surface area (Å²) in [7, 11) is 1.64. The highest BCUT2D eigenvalue weighted by atomic mass is 19.1. The van der Waals surface area contributed by atoms with Crippen molar-refractivity contribution >= 4 is 11.3 Å². The van der Waals surface area contributed by atoms with Gasteiger partial charge in [0.15, 0.2) is 5.82 Å². The van der Waals surface area contributed by atoms with Crippen molar-refractivity contribution in [3.05, 3.63) is 71.4 Å². The molecule has 174 valence electrons. The van der Waals surface area contributed by atoms with Gasteiger partial charge in [0.05, 0.1) is 24.7 Å². The number of ether oxygens (including phenoxy) is 1. The van der Waals surface area contributed by atoms with Gasteiger partial charge in [0.1, 0.15) is 11.3 Å². The van der Waals surface area contributed by atoms with Crippen molar-refractivity contribution in [1.29, 1.82) is 0 Å². The molecule has 4 aromatic rings. The number of nitrogens with two attached hydrogens (primary N) is 1. The molecule has 1 saturated heterocycles. The molecular formula is C26H27FN6O. The van der Waals surface area contributed by atoms with Gasteiger partial charge in [0.2, 0.25) is 5.88 Å². The number of fused-ring (bicyclic) bond motifs is 2. The number of pyridine rings is 1. The zero-order valence-corrected chi connectivity index (χ0v) is 19.3. The Morgan fingerprint density at radius 1 is 1.18 bits per heavy atom. The Morgan fingerprint density at radius 3 is 2.74 bits per heavy atom. The normalized spacial score (nSPS) is 19.1. The fourth-order valence-electron chi connectivity index (χ4n) is 5.77. The van der Waals surface area contributed by atoms with Crippen molar-refractivity contribution < 1.29 is 9.13 Å². The van der Waals surface area contributed by atoms with Gasteiger partial charge in [-0.1, -0.05) is 12.1 Å². The molecule has 1 fully saturated rings. The summed E-state index contributed by atoms with van der Waals surface area (Å²) in [6.07, 6.45) is 6.49. The average molecular weight is 459 g/mol. The maximum absolute atomic E-state index is 14.6. The van der Waals surface area contributed by atoms with Crippen LogP contribution >= 0.6 is 0 Å². The van der Waals surface area contributed by atoms with Gasteiger partial charge < -0.3 is 15.4 Å². The molecule has 4 heterocycles. The number of benzene rings is 1. The summed E-state index contributed by atoms with van der Waals surface area (Å²) in [5.74, 6) is 1.24. The monoisotopic (exact) mass is 458 g/mol. The third-order valence-corrected chi connectivity index (χ3v) is 7.63. The Bertz CT molecular complexity index is 1390. The summed E-state index contributed by atoms with van der Waals surface area (Å²) in [5.41, 5.74) is 12.0. The van der Waals surface area contributed by atoms with Crippen molar-refractivity contribution in [3.63, 3.8) is 0 Å². The first-order valence-electron chi connectivity index (χ1n) is 11.6. The highest BCUT2D eigenvalue weighted by Gasteiger charge is 2.46. The molecule has 8 heteroatoms. The number of piperidine rings is 1. The van der Waals surface area contributed by atoms with E-state index in [1.165, 1.54) is 11.6 Å². The van der Waals surface area contributed by atoms with Crippen molar-refractivity contribution in [1.82, 2.24) is 19.6 Å². The van der Waals surface area contributed by atoms with Crippen LogP contribution in [0, 0.1) is 18.2 Å². The fraction of sp³-hybridized carbons (Fsp3) is 0.346. The van der Waals surface area contributed by atoms with Crippen molar-refractivity contribution in [2.75, 3.05) is 25.1 Å². The molecule has 1 aliphatic carbocycles. The van der Waals surface area contributed by atoms with Crippen LogP contribution < -0.4 is 15.4 Å². The minimum Gasteiger partial charge on any atom is -0.481 e. The molecule has 0 saturated carbocycles. The summed E-state index contributed by atoms with van der Waals surface area (Å²) >= 11 is 0. The molecule has 0 bridgehead atoms. The van der Waals surface area contributed by atoms with Crippen LogP contribution in [0.4, 0.5) is 10.2 Å². The predicted molar refractivity (Wildman–Crippen MR) is 128 cm³/mol. The molecule has 2 N–H and O–H groups in total. The smallest absolute Gasteiger partial charge is 0.213 e. The number of methoxy groups -OCH3 is 1. The largest absolute Gasteiger partial charge is 0.481 e. The van der Waals surface area contributed by atoms with E-state index in [0.29, 0.717) is 17.1 Å². The maximum atomic E-state index is 14.6. The lowest BCUT2D eigenvalue weighted by Crippen LogP contribution is -2.44. The van der Waals surface area contributed by atoms with Crippen LogP contribution in [-0.2, 0) is 6.42 Å². The lowest BCUT2D eigenvalue weighted by atomic mass is 9.73. The second kappa shape index (κ2) is 7.77. The molecule has 0 amide bonds. The number of rotatable bonds is 3. The summed E-state index contributed by atoms with van der Waals surface area (Å²) in [6.45, 7) is 3.61. The number of nitrogens with zero attached hydrogens (tertiary/aromatic N) is 5. The van der Waals surface area contributed by atoms with Gasteiger partial charge >= 0.3 is 0 Å². The van der Waals surface area contributed by atoms with Crippen LogP contribution in [0.2, 0.25) is 0 Å². The second-order valence-electron chi connectivity index (χ2n) is 9.41. The summed E-state index contributed by atoms with van der Waals surface area (Å²) in [5, 5.41) is 4.52. The summed E-state index contributed by atoms with van der Waals surface area (Å²) < 4.78 is 21.7.